The van der Waals surface area contributed by atoms with E-state index in [0.717, 1.165) is 31.5 Å². The number of hydrogen-bond donors (Lipinski definition) is 1. The number of benzene rings is 1. The van der Waals surface area contributed by atoms with Gasteiger partial charge in [-0.1, -0.05) is 30.3 Å². The number of nitrogens with zero attached hydrogens (tertiary/aromatic N) is 3. The Morgan fingerprint density at radius 3 is 2.52 bits per heavy atom. The first kappa shape index (κ1) is 15.5. The lowest BCUT2D eigenvalue weighted by Crippen LogP contribution is -2.31. The largest absolute Gasteiger partial charge is 0.356 e. The highest BCUT2D eigenvalue weighted by molar-refractivity contribution is 5.99. The molecule has 2 aromatic rings. The van der Waals surface area contributed by atoms with Gasteiger partial charge in [-0.25, -0.2) is 9.97 Å². The average Bonchev–Trinajstić information content (AvgIpc) is 3.40. The van der Waals surface area contributed by atoms with E-state index in [0.29, 0.717) is 23.2 Å². The number of anilines is 1. The van der Waals surface area contributed by atoms with Gasteiger partial charge in [-0.3, -0.25) is 4.79 Å². The molecule has 0 spiro atoms. The van der Waals surface area contributed by atoms with E-state index in [1.807, 2.05) is 30.3 Å². The first-order valence-corrected chi connectivity index (χ1v) is 8.21. The quantitative estimate of drug-likeness (QED) is 0.891. The van der Waals surface area contributed by atoms with E-state index in [2.05, 4.69) is 34.0 Å². The van der Waals surface area contributed by atoms with Crippen LogP contribution >= 0.6 is 0 Å². The molecule has 1 aliphatic rings. The zero-order valence-electron chi connectivity index (χ0n) is 13.6. The Morgan fingerprint density at radius 2 is 1.91 bits per heavy atom. The number of aromatic nitrogens is 2. The van der Waals surface area contributed by atoms with Crippen molar-refractivity contribution >= 4 is 11.7 Å². The maximum Gasteiger partial charge on any atom is 0.256 e. The summed E-state index contributed by atoms with van der Waals surface area (Å²) in [7, 11) is 0. The summed E-state index contributed by atoms with van der Waals surface area (Å²) in [5, 5.41) is 3.03. The lowest BCUT2D eigenvalue weighted by molar-refractivity contribution is 0.0951. The molecule has 1 aromatic carbocycles. The highest BCUT2D eigenvalue weighted by Gasteiger charge is 2.26. The zero-order chi connectivity index (χ0) is 16.2. The molecule has 23 heavy (non-hydrogen) atoms. The summed E-state index contributed by atoms with van der Waals surface area (Å²) in [4.78, 5) is 23.7. The molecule has 0 aliphatic heterocycles. The summed E-state index contributed by atoms with van der Waals surface area (Å²) < 4.78 is 0. The molecule has 1 aromatic heterocycles. The fraction of sp³-hybridized carbons (Fsp3) is 0.389. The molecule has 1 saturated carbocycles. The maximum atomic E-state index is 12.5. The predicted octanol–water partition coefficient (Wildman–Crippen LogP) is 2.88. The van der Waals surface area contributed by atoms with Crippen LogP contribution in [-0.4, -0.2) is 35.0 Å². The van der Waals surface area contributed by atoms with E-state index in [4.69, 9.17) is 0 Å². The van der Waals surface area contributed by atoms with Crippen LogP contribution in [-0.2, 0) is 0 Å². The molecule has 5 nitrogen and oxygen atoms in total. The van der Waals surface area contributed by atoms with Crippen molar-refractivity contribution in [1.82, 2.24) is 15.3 Å². The normalized spacial score (nSPS) is 13.7. The smallest absolute Gasteiger partial charge is 0.256 e. The minimum Gasteiger partial charge on any atom is -0.356 e. The highest BCUT2D eigenvalue weighted by atomic mass is 16.1. The molecule has 0 radical (unpaired) electrons. The van der Waals surface area contributed by atoms with Gasteiger partial charge in [0.2, 0.25) is 0 Å². The second-order valence-electron chi connectivity index (χ2n) is 5.72. The van der Waals surface area contributed by atoms with Crippen molar-refractivity contribution in [3.8, 4) is 11.4 Å². The van der Waals surface area contributed by atoms with Crippen LogP contribution in [0.3, 0.4) is 0 Å². The van der Waals surface area contributed by atoms with Crippen molar-refractivity contribution in [3.63, 3.8) is 0 Å². The van der Waals surface area contributed by atoms with Crippen molar-refractivity contribution in [1.29, 1.82) is 0 Å². The molecule has 5 heteroatoms. The van der Waals surface area contributed by atoms with E-state index < -0.39 is 0 Å². The fourth-order valence-electron chi connectivity index (χ4n) is 2.51. The van der Waals surface area contributed by atoms with Crippen LogP contribution in [0.2, 0.25) is 0 Å². The molecule has 0 bridgehead atoms. The minimum atomic E-state index is -0.0750. The molecular weight excluding hydrogens is 288 g/mol. The number of nitrogens with one attached hydrogen (secondary N) is 1. The van der Waals surface area contributed by atoms with Gasteiger partial charge in [-0.05, 0) is 26.7 Å². The maximum absolute atomic E-state index is 12.5. The molecule has 1 fully saturated rings. The number of carbonyl (C=O) groups excluding carboxylic acids is 1. The Morgan fingerprint density at radius 1 is 1.22 bits per heavy atom. The molecule has 120 valence electrons. The van der Waals surface area contributed by atoms with Crippen molar-refractivity contribution in [2.75, 3.05) is 18.0 Å². The van der Waals surface area contributed by atoms with Crippen LogP contribution in [0.4, 0.5) is 5.82 Å². The highest BCUT2D eigenvalue weighted by Crippen LogP contribution is 2.24. The van der Waals surface area contributed by atoms with E-state index in [1.165, 1.54) is 0 Å². The summed E-state index contributed by atoms with van der Waals surface area (Å²) >= 11 is 0. The van der Waals surface area contributed by atoms with Crippen molar-refractivity contribution in [2.45, 2.75) is 32.7 Å². The number of carbonyl (C=O) groups is 1. The molecule has 0 unspecified atom stereocenters. The van der Waals surface area contributed by atoms with Crippen molar-refractivity contribution < 1.29 is 4.79 Å². The Bertz CT molecular complexity index is 679. The second-order valence-corrected chi connectivity index (χ2v) is 5.72. The summed E-state index contributed by atoms with van der Waals surface area (Å²) in [6.45, 7) is 5.73. The molecule has 1 aliphatic carbocycles. The Hall–Kier alpha value is -2.43. The van der Waals surface area contributed by atoms with Gasteiger partial charge in [0.05, 0.1) is 0 Å². The molecule has 3 rings (SSSR count). The van der Waals surface area contributed by atoms with E-state index in [9.17, 15) is 4.79 Å². The molecule has 0 saturated heterocycles. The van der Waals surface area contributed by atoms with Crippen LogP contribution in [0.25, 0.3) is 11.4 Å². The minimum absolute atomic E-state index is 0.0750. The summed E-state index contributed by atoms with van der Waals surface area (Å²) in [5.74, 6) is 1.28. The van der Waals surface area contributed by atoms with E-state index in [1.54, 1.807) is 6.20 Å². The van der Waals surface area contributed by atoms with Gasteiger partial charge in [0.1, 0.15) is 11.4 Å². The number of amides is 1. The first-order chi connectivity index (χ1) is 11.2. The SMILES string of the molecule is CCN(CC)c1nc(-c2ccccc2)ncc1C(=O)NC1CC1. The second kappa shape index (κ2) is 6.77. The third-order valence-corrected chi connectivity index (χ3v) is 4.02. The summed E-state index contributed by atoms with van der Waals surface area (Å²) in [5.41, 5.74) is 1.51. The standard InChI is InChI=1S/C18H22N4O/c1-3-22(4-2)17-15(18(23)20-14-10-11-14)12-19-16(21-17)13-8-6-5-7-9-13/h5-9,12,14H,3-4,10-11H2,1-2H3,(H,20,23). The van der Waals surface area contributed by atoms with Crippen LogP contribution in [0.15, 0.2) is 36.5 Å². The van der Waals surface area contributed by atoms with Crippen LogP contribution < -0.4 is 10.2 Å². The summed E-state index contributed by atoms with van der Waals surface area (Å²) in [6.07, 6.45) is 3.78. The number of rotatable bonds is 6. The van der Waals surface area contributed by atoms with Gasteiger partial charge in [0.25, 0.3) is 5.91 Å². The fourth-order valence-corrected chi connectivity index (χ4v) is 2.51. The van der Waals surface area contributed by atoms with Gasteiger partial charge in [-0.15, -0.1) is 0 Å². The lowest BCUT2D eigenvalue weighted by Gasteiger charge is -2.22. The van der Waals surface area contributed by atoms with Gasteiger partial charge in [0.15, 0.2) is 5.82 Å². The van der Waals surface area contributed by atoms with Crippen molar-refractivity contribution in [2.24, 2.45) is 0 Å². The lowest BCUT2D eigenvalue weighted by atomic mass is 10.2. The molecule has 1 N–H and O–H groups in total. The van der Waals surface area contributed by atoms with Gasteiger partial charge >= 0.3 is 0 Å². The first-order valence-electron chi connectivity index (χ1n) is 8.21. The third-order valence-electron chi connectivity index (χ3n) is 4.02. The molecular formula is C18H22N4O. The Balaban J connectivity index is 1.99. The van der Waals surface area contributed by atoms with Gasteiger partial charge < -0.3 is 10.2 Å². The van der Waals surface area contributed by atoms with Gasteiger partial charge in [0, 0.05) is 30.9 Å². The van der Waals surface area contributed by atoms with E-state index >= 15 is 0 Å². The average molecular weight is 310 g/mol. The Labute approximate surface area is 136 Å². The number of hydrogen-bond acceptors (Lipinski definition) is 4. The molecule has 1 heterocycles. The molecule has 1 amide bonds. The van der Waals surface area contributed by atoms with Crippen LogP contribution in [0.5, 0.6) is 0 Å². The monoisotopic (exact) mass is 310 g/mol. The van der Waals surface area contributed by atoms with Crippen LogP contribution in [0, 0.1) is 0 Å². The summed E-state index contributed by atoms with van der Waals surface area (Å²) in [6, 6.07) is 10.2. The Kier molecular flexibility index (Phi) is 4.55. The van der Waals surface area contributed by atoms with Crippen LogP contribution in [0.1, 0.15) is 37.0 Å². The van der Waals surface area contributed by atoms with Gasteiger partial charge in [-0.2, -0.15) is 0 Å². The predicted molar refractivity (Wildman–Crippen MR) is 91.5 cm³/mol. The third kappa shape index (κ3) is 3.50. The molecule has 0 atom stereocenters. The van der Waals surface area contributed by atoms with Crippen molar-refractivity contribution in [3.05, 3.63) is 42.1 Å². The van der Waals surface area contributed by atoms with E-state index in [-0.39, 0.29) is 5.91 Å². The zero-order valence-corrected chi connectivity index (χ0v) is 13.6. The topological polar surface area (TPSA) is 58.1 Å².